The summed E-state index contributed by atoms with van der Waals surface area (Å²) in [5.74, 6) is 5.51. The van der Waals surface area contributed by atoms with E-state index in [-0.39, 0.29) is 23.4 Å². The average molecular weight is 368 g/mol. The predicted molar refractivity (Wildman–Crippen MR) is 100 cm³/mol. The van der Waals surface area contributed by atoms with E-state index in [1.54, 1.807) is 13.0 Å². The zero-order valence-corrected chi connectivity index (χ0v) is 15.3. The molecule has 5 nitrogen and oxygen atoms in total. The molecule has 1 fully saturated rings. The topological polar surface area (TPSA) is 75.3 Å². The van der Waals surface area contributed by atoms with Crippen LogP contribution in [0.25, 0.3) is 0 Å². The van der Waals surface area contributed by atoms with Crippen LogP contribution in [0, 0.1) is 18.8 Å². The first-order valence-corrected chi connectivity index (χ1v) is 9.89. The van der Waals surface area contributed by atoms with E-state index in [1.165, 1.54) is 12.1 Å². The second-order valence-electron chi connectivity index (χ2n) is 6.22. The third-order valence-electron chi connectivity index (χ3n) is 4.01. The molecular formula is C20H20N2O3S. The maximum absolute atomic E-state index is 12.4. The van der Waals surface area contributed by atoms with Gasteiger partial charge in [-0.05, 0) is 49.6 Å². The Labute approximate surface area is 153 Å². The van der Waals surface area contributed by atoms with E-state index in [9.17, 15) is 13.2 Å². The quantitative estimate of drug-likeness (QED) is 0.795. The van der Waals surface area contributed by atoms with Gasteiger partial charge < -0.3 is 5.32 Å². The number of carbonyl (C=O) groups excluding carboxylic acids is 1. The van der Waals surface area contributed by atoms with Crippen molar-refractivity contribution in [3.63, 3.8) is 0 Å². The number of hydrogen-bond donors (Lipinski definition) is 2. The van der Waals surface area contributed by atoms with Crippen molar-refractivity contribution in [2.45, 2.75) is 30.7 Å². The molecule has 1 aliphatic carbocycles. The number of carbonyl (C=O) groups is 1. The molecule has 1 saturated carbocycles. The maximum atomic E-state index is 12.4. The summed E-state index contributed by atoms with van der Waals surface area (Å²) in [6.07, 6.45) is 1.72. The summed E-state index contributed by atoms with van der Waals surface area (Å²) in [6, 6.07) is 14.1. The minimum absolute atomic E-state index is 0.0202. The fourth-order valence-electron chi connectivity index (χ4n) is 2.39. The lowest BCUT2D eigenvalue weighted by Crippen LogP contribution is -2.27. The van der Waals surface area contributed by atoms with Crippen LogP contribution >= 0.6 is 0 Å². The van der Waals surface area contributed by atoms with Gasteiger partial charge in [0.25, 0.3) is 5.91 Å². The molecule has 0 spiro atoms. The Morgan fingerprint density at radius 2 is 1.88 bits per heavy atom. The monoisotopic (exact) mass is 368 g/mol. The standard InChI is InChI=1S/C20H20N2O3S/c1-15-9-12-18(26(24,25)22-17-10-11-17)14-19(15)20(23)21-13-5-8-16-6-3-2-4-7-16/h2-4,6-7,9,12,14,17,22H,10-11,13H2,1H3,(H,21,23). The van der Waals surface area contributed by atoms with Crippen LogP contribution < -0.4 is 10.0 Å². The molecule has 6 heteroatoms. The van der Waals surface area contributed by atoms with Gasteiger partial charge in [-0.15, -0.1) is 0 Å². The van der Waals surface area contributed by atoms with Crippen LogP contribution in [0.2, 0.25) is 0 Å². The summed E-state index contributed by atoms with van der Waals surface area (Å²) in [4.78, 5) is 12.5. The number of sulfonamides is 1. The molecule has 134 valence electrons. The highest BCUT2D eigenvalue weighted by Gasteiger charge is 2.28. The molecule has 1 aliphatic rings. The predicted octanol–water partition coefficient (Wildman–Crippen LogP) is 2.22. The van der Waals surface area contributed by atoms with Gasteiger partial charge in [-0.1, -0.05) is 36.1 Å². The number of amides is 1. The lowest BCUT2D eigenvalue weighted by Gasteiger charge is -2.10. The van der Waals surface area contributed by atoms with E-state index in [0.29, 0.717) is 11.1 Å². The number of hydrogen-bond acceptors (Lipinski definition) is 3. The molecule has 0 bridgehead atoms. The largest absolute Gasteiger partial charge is 0.341 e. The Bertz CT molecular complexity index is 969. The van der Waals surface area contributed by atoms with E-state index in [1.807, 2.05) is 30.3 Å². The SMILES string of the molecule is Cc1ccc(S(=O)(=O)NC2CC2)cc1C(=O)NCC#Cc1ccccc1. The average Bonchev–Trinajstić information content (AvgIpc) is 3.43. The molecule has 0 atom stereocenters. The van der Waals surface area contributed by atoms with Gasteiger partial charge in [0.1, 0.15) is 0 Å². The number of rotatable bonds is 5. The summed E-state index contributed by atoms with van der Waals surface area (Å²) < 4.78 is 27.3. The van der Waals surface area contributed by atoms with E-state index < -0.39 is 10.0 Å². The molecule has 26 heavy (non-hydrogen) atoms. The first-order valence-electron chi connectivity index (χ1n) is 8.41. The van der Waals surface area contributed by atoms with Gasteiger partial charge in [0, 0.05) is 17.2 Å². The number of benzene rings is 2. The van der Waals surface area contributed by atoms with Crippen molar-refractivity contribution >= 4 is 15.9 Å². The van der Waals surface area contributed by atoms with Crippen LogP contribution in [0.4, 0.5) is 0 Å². The Balaban J connectivity index is 1.69. The third-order valence-corrected chi connectivity index (χ3v) is 5.53. The van der Waals surface area contributed by atoms with Crippen molar-refractivity contribution in [2.75, 3.05) is 6.54 Å². The van der Waals surface area contributed by atoms with Crippen LogP contribution in [0.1, 0.15) is 34.3 Å². The molecule has 0 radical (unpaired) electrons. The van der Waals surface area contributed by atoms with Crippen molar-refractivity contribution in [3.8, 4) is 11.8 Å². The molecule has 1 amide bonds. The fourth-order valence-corrected chi connectivity index (χ4v) is 3.72. The van der Waals surface area contributed by atoms with Crippen LogP contribution in [-0.4, -0.2) is 26.9 Å². The van der Waals surface area contributed by atoms with Gasteiger partial charge in [0.15, 0.2) is 0 Å². The Hall–Kier alpha value is -2.62. The van der Waals surface area contributed by atoms with E-state index in [4.69, 9.17) is 0 Å². The molecule has 2 aromatic rings. The molecule has 0 aromatic heterocycles. The molecule has 3 rings (SSSR count). The summed E-state index contributed by atoms with van der Waals surface area (Å²) in [7, 11) is -3.59. The fraction of sp³-hybridized carbons (Fsp3) is 0.250. The minimum atomic E-state index is -3.59. The van der Waals surface area contributed by atoms with Crippen LogP contribution in [0.15, 0.2) is 53.4 Å². The summed E-state index contributed by atoms with van der Waals surface area (Å²) in [5.41, 5.74) is 1.92. The lowest BCUT2D eigenvalue weighted by molar-refractivity contribution is 0.0958. The molecule has 2 aromatic carbocycles. The molecule has 0 saturated heterocycles. The molecule has 0 aliphatic heterocycles. The molecule has 2 N–H and O–H groups in total. The second-order valence-corrected chi connectivity index (χ2v) is 7.94. The van der Waals surface area contributed by atoms with Gasteiger partial charge >= 0.3 is 0 Å². The van der Waals surface area contributed by atoms with Gasteiger partial charge in [-0.3, -0.25) is 4.79 Å². The summed E-state index contributed by atoms with van der Waals surface area (Å²) >= 11 is 0. The van der Waals surface area contributed by atoms with E-state index in [0.717, 1.165) is 18.4 Å². The first kappa shape index (κ1) is 18.2. The minimum Gasteiger partial charge on any atom is -0.341 e. The Morgan fingerprint density at radius 3 is 2.58 bits per heavy atom. The summed E-state index contributed by atoms with van der Waals surface area (Å²) in [6.45, 7) is 1.96. The van der Waals surface area contributed by atoms with E-state index >= 15 is 0 Å². The molecule has 0 heterocycles. The maximum Gasteiger partial charge on any atom is 0.252 e. The van der Waals surface area contributed by atoms with Crippen molar-refractivity contribution in [1.82, 2.24) is 10.0 Å². The van der Waals surface area contributed by atoms with Crippen LogP contribution in [0.5, 0.6) is 0 Å². The summed E-state index contributed by atoms with van der Waals surface area (Å²) in [5, 5.41) is 2.71. The molecule has 0 unspecified atom stereocenters. The zero-order chi connectivity index (χ0) is 18.6. The van der Waals surface area contributed by atoms with Gasteiger partial charge in [-0.2, -0.15) is 0 Å². The van der Waals surface area contributed by atoms with Gasteiger partial charge in [0.05, 0.1) is 11.4 Å². The molecular weight excluding hydrogens is 348 g/mol. The van der Waals surface area contributed by atoms with E-state index in [2.05, 4.69) is 21.9 Å². The first-order chi connectivity index (χ1) is 12.5. The van der Waals surface area contributed by atoms with Crippen LogP contribution in [-0.2, 0) is 10.0 Å². The van der Waals surface area contributed by atoms with Crippen molar-refractivity contribution in [3.05, 3.63) is 65.2 Å². The highest BCUT2D eigenvalue weighted by molar-refractivity contribution is 7.89. The number of aryl methyl sites for hydroxylation is 1. The zero-order valence-electron chi connectivity index (χ0n) is 14.5. The highest BCUT2D eigenvalue weighted by atomic mass is 32.2. The lowest BCUT2D eigenvalue weighted by atomic mass is 10.1. The van der Waals surface area contributed by atoms with Gasteiger partial charge in [-0.25, -0.2) is 13.1 Å². The van der Waals surface area contributed by atoms with Gasteiger partial charge in [0.2, 0.25) is 10.0 Å². The number of nitrogens with one attached hydrogen (secondary N) is 2. The highest BCUT2D eigenvalue weighted by Crippen LogP contribution is 2.23. The van der Waals surface area contributed by atoms with Crippen LogP contribution in [0.3, 0.4) is 0 Å². The third kappa shape index (κ3) is 4.72. The smallest absolute Gasteiger partial charge is 0.252 e. The second kappa shape index (κ2) is 7.73. The van der Waals surface area contributed by atoms with Crippen molar-refractivity contribution in [1.29, 1.82) is 0 Å². The normalized spacial score (nSPS) is 13.6. The van der Waals surface area contributed by atoms with Crippen molar-refractivity contribution in [2.24, 2.45) is 0 Å². The van der Waals surface area contributed by atoms with Crippen molar-refractivity contribution < 1.29 is 13.2 Å². The Morgan fingerprint density at radius 1 is 1.15 bits per heavy atom. The Kier molecular flexibility index (Phi) is 5.40.